The number of anilines is 2. The molecule has 0 aromatic heterocycles. The Hall–Kier alpha value is -1.35. The van der Waals surface area contributed by atoms with E-state index in [1.807, 2.05) is 7.05 Å². The molecule has 0 amide bonds. The van der Waals surface area contributed by atoms with Crippen LogP contribution in [0.2, 0.25) is 0 Å². The molecule has 0 spiro atoms. The van der Waals surface area contributed by atoms with Crippen molar-refractivity contribution in [1.29, 1.82) is 0 Å². The Labute approximate surface area is 131 Å². The highest BCUT2D eigenvalue weighted by atomic mass is 32.2. The SMILES string of the molecule is CNC(CCO)CCNc1ccc(N)cc1S(=O)(=O)CCO. The van der Waals surface area contributed by atoms with Gasteiger partial charge in [-0.15, -0.1) is 0 Å². The summed E-state index contributed by atoms with van der Waals surface area (Å²) in [5.41, 5.74) is 6.50. The molecule has 7 nitrogen and oxygen atoms in total. The number of sulfone groups is 1. The number of nitrogens with one attached hydrogen (secondary N) is 2. The summed E-state index contributed by atoms with van der Waals surface area (Å²) in [6.07, 6.45) is 1.37. The maximum atomic E-state index is 12.2. The fraction of sp³-hybridized carbons (Fsp3) is 0.571. The third kappa shape index (κ3) is 5.45. The maximum absolute atomic E-state index is 12.2. The second-order valence-electron chi connectivity index (χ2n) is 5.01. The van der Waals surface area contributed by atoms with Crippen molar-refractivity contribution in [3.05, 3.63) is 18.2 Å². The van der Waals surface area contributed by atoms with Gasteiger partial charge in [0.25, 0.3) is 0 Å². The van der Waals surface area contributed by atoms with Gasteiger partial charge in [-0.05, 0) is 38.1 Å². The zero-order chi connectivity index (χ0) is 16.6. The van der Waals surface area contributed by atoms with Crippen molar-refractivity contribution in [1.82, 2.24) is 5.32 Å². The molecule has 0 saturated carbocycles. The quantitative estimate of drug-likeness (QED) is 0.376. The third-order valence-corrected chi connectivity index (χ3v) is 5.12. The Morgan fingerprint density at radius 2 is 1.95 bits per heavy atom. The Bertz CT molecular complexity index is 563. The van der Waals surface area contributed by atoms with Crippen molar-refractivity contribution >= 4 is 21.2 Å². The van der Waals surface area contributed by atoms with E-state index in [2.05, 4.69) is 10.6 Å². The summed E-state index contributed by atoms with van der Waals surface area (Å²) in [5, 5.41) is 24.0. The molecule has 8 heteroatoms. The van der Waals surface area contributed by atoms with E-state index in [0.29, 0.717) is 24.3 Å². The summed E-state index contributed by atoms with van der Waals surface area (Å²) in [4.78, 5) is 0.102. The number of benzene rings is 1. The molecule has 1 unspecified atom stereocenters. The first-order valence-electron chi connectivity index (χ1n) is 7.19. The fourth-order valence-corrected chi connectivity index (χ4v) is 3.39. The van der Waals surface area contributed by atoms with Crippen molar-refractivity contribution in [3.8, 4) is 0 Å². The van der Waals surface area contributed by atoms with E-state index in [9.17, 15) is 8.42 Å². The third-order valence-electron chi connectivity index (χ3n) is 3.39. The molecule has 1 aromatic carbocycles. The van der Waals surface area contributed by atoms with Gasteiger partial charge in [-0.1, -0.05) is 0 Å². The van der Waals surface area contributed by atoms with Crippen LogP contribution in [0.1, 0.15) is 12.8 Å². The topological polar surface area (TPSA) is 125 Å². The molecule has 0 aliphatic carbocycles. The zero-order valence-electron chi connectivity index (χ0n) is 12.7. The summed E-state index contributed by atoms with van der Waals surface area (Å²) in [5.74, 6) is -0.339. The van der Waals surface area contributed by atoms with E-state index in [4.69, 9.17) is 15.9 Å². The standard InChI is InChI=1S/C14H25N3O4S/c1-16-12(5-7-18)4-6-17-13-3-2-11(15)10-14(13)22(20,21)9-8-19/h2-3,10,12,16-19H,4-9,15H2,1H3. The molecule has 0 saturated heterocycles. The molecule has 1 aromatic rings. The summed E-state index contributed by atoms with van der Waals surface area (Å²) in [6.45, 7) is 0.218. The van der Waals surface area contributed by atoms with Crippen LogP contribution in [0.3, 0.4) is 0 Å². The van der Waals surface area contributed by atoms with Gasteiger partial charge in [0, 0.05) is 24.9 Å². The summed E-state index contributed by atoms with van der Waals surface area (Å²) < 4.78 is 24.3. The van der Waals surface area contributed by atoms with Gasteiger partial charge in [0.15, 0.2) is 9.84 Å². The second-order valence-corrected chi connectivity index (χ2v) is 7.09. The van der Waals surface area contributed by atoms with Crippen LogP contribution in [-0.4, -0.2) is 57.2 Å². The van der Waals surface area contributed by atoms with Crippen LogP contribution >= 0.6 is 0 Å². The number of rotatable bonds is 10. The first kappa shape index (κ1) is 18.7. The maximum Gasteiger partial charge on any atom is 0.182 e. The highest BCUT2D eigenvalue weighted by Crippen LogP contribution is 2.25. The lowest BCUT2D eigenvalue weighted by Crippen LogP contribution is -2.28. The van der Waals surface area contributed by atoms with Gasteiger partial charge in [0.05, 0.1) is 22.9 Å². The van der Waals surface area contributed by atoms with Gasteiger partial charge in [-0.3, -0.25) is 0 Å². The number of aliphatic hydroxyl groups is 2. The van der Waals surface area contributed by atoms with Crippen LogP contribution in [0.25, 0.3) is 0 Å². The predicted molar refractivity (Wildman–Crippen MR) is 87.7 cm³/mol. The van der Waals surface area contributed by atoms with E-state index in [1.165, 1.54) is 6.07 Å². The van der Waals surface area contributed by atoms with E-state index < -0.39 is 16.4 Å². The van der Waals surface area contributed by atoms with Crippen molar-refractivity contribution in [2.24, 2.45) is 0 Å². The van der Waals surface area contributed by atoms with Crippen molar-refractivity contribution in [3.63, 3.8) is 0 Å². The van der Waals surface area contributed by atoms with Crippen LogP contribution in [0.4, 0.5) is 11.4 Å². The number of nitrogen functional groups attached to an aromatic ring is 1. The monoisotopic (exact) mass is 331 g/mol. The molecule has 0 fully saturated rings. The highest BCUT2D eigenvalue weighted by molar-refractivity contribution is 7.91. The van der Waals surface area contributed by atoms with Crippen molar-refractivity contribution in [2.45, 2.75) is 23.8 Å². The summed E-state index contributed by atoms with van der Waals surface area (Å²) in [7, 11) is -1.76. The van der Waals surface area contributed by atoms with Gasteiger partial charge in [-0.25, -0.2) is 8.42 Å². The Balaban J connectivity index is 2.83. The van der Waals surface area contributed by atoms with Gasteiger partial charge in [0.2, 0.25) is 0 Å². The lowest BCUT2D eigenvalue weighted by Gasteiger charge is -2.17. The molecular formula is C14H25N3O4S. The average Bonchev–Trinajstić information content (AvgIpc) is 2.47. The Kier molecular flexibility index (Phi) is 7.60. The molecule has 126 valence electrons. The number of hydrogen-bond acceptors (Lipinski definition) is 7. The molecule has 0 radical (unpaired) electrons. The molecule has 0 bridgehead atoms. The smallest absolute Gasteiger partial charge is 0.182 e. The zero-order valence-corrected chi connectivity index (χ0v) is 13.6. The minimum atomic E-state index is -3.58. The molecule has 6 N–H and O–H groups in total. The lowest BCUT2D eigenvalue weighted by molar-refractivity contribution is 0.265. The van der Waals surface area contributed by atoms with E-state index in [-0.39, 0.29) is 23.3 Å². The lowest BCUT2D eigenvalue weighted by atomic mass is 10.1. The van der Waals surface area contributed by atoms with E-state index >= 15 is 0 Å². The minimum Gasteiger partial charge on any atom is -0.399 e. The van der Waals surface area contributed by atoms with Gasteiger partial charge < -0.3 is 26.6 Å². The van der Waals surface area contributed by atoms with Gasteiger partial charge >= 0.3 is 0 Å². The molecule has 1 atom stereocenters. The summed E-state index contributed by atoms with van der Waals surface area (Å²) in [6, 6.07) is 4.81. The van der Waals surface area contributed by atoms with E-state index in [1.54, 1.807) is 12.1 Å². The molecular weight excluding hydrogens is 306 g/mol. The normalized spacial score (nSPS) is 13.0. The van der Waals surface area contributed by atoms with Crippen LogP contribution in [0, 0.1) is 0 Å². The fourth-order valence-electron chi connectivity index (χ4n) is 2.14. The van der Waals surface area contributed by atoms with Crippen LogP contribution in [0.5, 0.6) is 0 Å². The first-order chi connectivity index (χ1) is 10.4. The van der Waals surface area contributed by atoms with Crippen LogP contribution < -0.4 is 16.4 Å². The molecule has 1 rings (SSSR count). The van der Waals surface area contributed by atoms with Gasteiger partial charge in [0.1, 0.15) is 0 Å². The highest BCUT2D eigenvalue weighted by Gasteiger charge is 2.18. The first-order valence-corrected chi connectivity index (χ1v) is 8.85. The van der Waals surface area contributed by atoms with Crippen molar-refractivity contribution in [2.75, 3.05) is 43.6 Å². The Morgan fingerprint density at radius 3 is 2.55 bits per heavy atom. The van der Waals surface area contributed by atoms with Gasteiger partial charge in [-0.2, -0.15) is 0 Å². The predicted octanol–water partition coefficient (Wildman–Crippen LogP) is -0.193. The molecule has 0 aliphatic heterocycles. The number of hydrogen-bond donors (Lipinski definition) is 5. The van der Waals surface area contributed by atoms with E-state index in [0.717, 1.165) is 6.42 Å². The largest absolute Gasteiger partial charge is 0.399 e. The Morgan fingerprint density at radius 1 is 1.23 bits per heavy atom. The summed E-state index contributed by atoms with van der Waals surface area (Å²) >= 11 is 0. The average molecular weight is 331 g/mol. The van der Waals surface area contributed by atoms with Crippen molar-refractivity contribution < 1.29 is 18.6 Å². The molecule has 22 heavy (non-hydrogen) atoms. The number of nitrogens with two attached hydrogens (primary N) is 1. The second kappa shape index (κ2) is 8.94. The minimum absolute atomic E-state index is 0.101. The number of aliphatic hydroxyl groups excluding tert-OH is 2. The molecule has 0 heterocycles. The molecule has 0 aliphatic rings. The van der Waals surface area contributed by atoms with Crippen LogP contribution in [0.15, 0.2) is 23.1 Å². The van der Waals surface area contributed by atoms with Crippen LogP contribution in [-0.2, 0) is 9.84 Å².